The van der Waals surface area contributed by atoms with E-state index in [9.17, 15) is 0 Å². The van der Waals surface area contributed by atoms with Gasteiger partial charge in [0.2, 0.25) is 0 Å². The van der Waals surface area contributed by atoms with E-state index in [4.69, 9.17) is 0 Å². The maximum atomic E-state index is 4.21. The van der Waals surface area contributed by atoms with Gasteiger partial charge in [0.15, 0.2) is 0 Å². The van der Waals surface area contributed by atoms with Crippen molar-refractivity contribution in [1.82, 2.24) is 20.1 Å². The Morgan fingerprint density at radius 3 is 3.50 bits per heavy atom. The van der Waals surface area contributed by atoms with Crippen LogP contribution in [0.3, 0.4) is 0 Å². The lowest BCUT2D eigenvalue weighted by Crippen LogP contribution is -2.27. The second kappa shape index (κ2) is 3.23. The summed E-state index contributed by atoms with van der Waals surface area (Å²) >= 11 is 0. The summed E-state index contributed by atoms with van der Waals surface area (Å²) in [4.78, 5) is 4.21. The molecule has 1 N–H and O–H groups in total. The molecule has 0 amide bonds. The van der Waals surface area contributed by atoms with E-state index >= 15 is 0 Å². The van der Waals surface area contributed by atoms with Gasteiger partial charge in [-0.25, -0.2) is 4.98 Å². The molecule has 66 valence electrons. The summed E-state index contributed by atoms with van der Waals surface area (Å²) in [6.45, 7) is 2.12. The Morgan fingerprint density at radius 2 is 2.67 bits per heavy atom. The Kier molecular flexibility index (Phi) is 2.08. The quantitative estimate of drug-likeness (QED) is 0.675. The van der Waals surface area contributed by atoms with Crippen molar-refractivity contribution in [2.45, 2.75) is 19.4 Å². The van der Waals surface area contributed by atoms with Crippen molar-refractivity contribution in [1.29, 1.82) is 0 Å². The molecule has 0 saturated carbocycles. The molecule has 2 rings (SSSR count). The number of aryl methyl sites for hydroxylation is 1. The summed E-state index contributed by atoms with van der Waals surface area (Å²) in [5.74, 6) is 1.88. The third kappa shape index (κ3) is 1.34. The molecule has 4 nitrogen and oxygen atoms in total. The second-order valence-corrected chi connectivity index (χ2v) is 3.32. The fraction of sp³-hybridized carbons (Fsp3) is 0.750. The van der Waals surface area contributed by atoms with Crippen molar-refractivity contribution in [3.63, 3.8) is 0 Å². The van der Waals surface area contributed by atoms with Crippen molar-refractivity contribution in [2.75, 3.05) is 13.6 Å². The molecule has 1 atom stereocenters. The third-order valence-corrected chi connectivity index (χ3v) is 2.41. The molecule has 1 aliphatic rings. The summed E-state index contributed by atoms with van der Waals surface area (Å²) in [5, 5.41) is 7.34. The van der Waals surface area contributed by atoms with E-state index in [0.29, 0.717) is 0 Å². The first-order chi connectivity index (χ1) is 5.90. The summed E-state index contributed by atoms with van der Waals surface area (Å²) in [7, 11) is 2.00. The molecule has 4 heteroatoms. The highest BCUT2D eigenvalue weighted by molar-refractivity contribution is 4.91. The summed E-state index contributed by atoms with van der Waals surface area (Å²) in [6, 6.07) is 0. The van der Waals surface area contributed by atoms with Crippen LogP contribution in [0.25, 0.3) is 0 Å². The molecule has 1 aliphatic heterocycles. The SMILES string of the molecule is CNCC1CCn2ncnc2C1. The number of nitrogens with zero attached hydrogens (tertiary/aromatic N) is 3. The van der Waals surface area contributed by atoms with Gasteiger partial charge in [0.25, 0.3) is 0 Å². The highest BCUT2D eigenvalue weighted by atomic mass is 15.3. The highest BCUT2D eigenvalue weighted by Gasteiger charge is 2.18. The molecule has 2 heterocycles. The lowest BCUT2D eigenvalue weighted by molar-refractivity contribution is 0.354. The number of fused-ring (bicyclic) bond motifs is 1. The fourth-order valence-electron chi connectivity index (χ4n) is 1.76. The Morgan fingerprint density at radius 1 is 1.75 bits per heavy atom. The maximum absolute atomic E-state index is 4.21. The summed E-state index contributed by atoms with van der Waals surface area (Å²) < 4.78 is 2.01. The molecule has 0 radical (unpaired) electrons. The normalized spacial score (nSPS) is 22.2. The van der Waals surface area contributed by atoms with Crippen molar-refractivity contribution in [3.8, 4) is 0 Å². The van der Waals surface area contributed by atoms with Gasteiger partial charge in [0, 0.05) is 13.0 Å². The second-order valence-electron chi connectivity index (χ2n) is 3.32. The zero-order valence-corrected chi connectivity index (χ0v) is 7.32. The van der Waals surface area contributed by atoms with Crippen LogP contribution in [0.1, 0.15) is 12.2 Å². The molecule has 0 bridgehead atoms. The number of rotatable bonds is 2. The van der Waals surface area contributed by atoms with Crippen LogP contribution < -0.4 is 5.32 Å². The third-order valence-electron chi connectivity index (χ3n) is 2.41. The first-order valence-electron chi connectivity index (χ1n) is 4.41. The van der Waals surface area contributed by atoms with Crippen LogP contribution in [-0.2, 0) is 13.0 Å². The number of hydrogen-bond donors (Lipinski definition) is 1. The van der Waals surface area contributed by atoms with Gasteiger partial charge < -0.3 is 5.32 Å². The summed E-state index contributed by atoms with van der Waals surface area (Å²) in [5.41, 5.74) is 0. The van der Waals surface area contributed by atoms with E-state index in [0.717, 1.165) is 31.3 Å². The van der Waals surface area contributed by atoms with Crippen LogP contribution in [0.15, 0.2) is 6.33 Å². The van der Waals surface area contributed by atoms with E-state index in [1.165, 1.54) is 6.42 Å². The van der Waals surface area contributed by atoms with Crippen molar-refractivity contribution < 1.29 is 0 Å². The fourth-order valence-corrected chi connectivity index (χ4v) is 1.76. The van der Waals surface area contributed by atoms with E-state index in [2.05, 4.69) is 15.4 Å². The molecule has 1 aromatic heterocycles. The minimum atomic E-state index is 0.742. The van der Waals surface area contributed by atoms with E-state index in [1.54, 1.807) is 6.33 Å². The number of hydrogen-bond acceptors (Lipinski definition) is 3. The molecule has 1 aromatic rings. The van der Waals surface area contributed by atoms with Crippen LogP contribution >= 0.6 is 0 Å². The van der Waals surface area contributed by atoms with Gasteiger partial charge in [-0.2, -0.15) is 5.10 Å². The van der Waals surface area contributed by atoms with Gasteiger partial charge in [-0.1, -0.05) is 0 Å². The standard InChI is InChI=1S/C8H14N4/c1-9-5-7-2-3-12-8(4-7)10-6-11-12/h6-7,9H,2-5H2,1H3. The van der Waals surface area contributed by atoms with Gasteiger partial charge in [-0.3, -0.25) is 4.68 Å². The zero-order chi connectivity index (χ0) is 8.39. The predicted molar refractivity (Wildman–Crippen MR) is 45.8 cm³/mol. The molecular weight excluding hydrogens is 152 g/mol. The Labute approximate surface area is 72.0 Å². The minimum absolute atomic E-state index is 0.742. The van der Waals surface area contributed by atoms with Gasteiger partial charge in [0.1, 0.15) is 12.2 Å². The van der Waals surface area contributed by atoms with Gasteiger partial charge >= 0.3 is 0 Å². The molecule has 0 spiro atoms. The smallest absolute Gasteiger partial charge is 0.138 e. The van der Waals surface area contributed by atoms with Crippen LogP contribution in [0, 0.1) is 5.92 Å². The molecule has 0 aromatic carbocycles. The van der Waals surface area contributed by atoms with Gasteiger partial charge in [-0.15, -0.1) is 0 Å². The Bertz CT molecular complexity index is 255. The molecule has 12 heavy (non-hydrogen) atoms. The van der Waals surface area contributed by atoms with Gasteiger partial charge in [-0.05, 0) is 25.9 Å². The van der Waals surface area contributed by atoms with E-state index < -0.39 is 0 Å². The molecule has 1 unspecified atom stereocenters. The van der Waals surface area contributed by atoms with Crippen molar-refractivity contribution in [3.05, 3.63) is 12.2 Å². The average molecular weight is 166 g/mol. The topological polar surface area (TPSA) is 42.7 Å². The highest BCUT2D eigenvalue weighted by Crippen LogP contribution is 2.16. The first kappa shape index (κ1) is 7.73. The largest absolute Gasteiger partial charge is 0.319 e. The van der Waals surface area contributed by atoms with E-state index in [1.807, 2.05) is 11.7 Å². The lowest BCUT2D eigenvalue weighted by Gasteiger charge is -2.21. The molecule has 0 fully saturated rings. The van der Waals surface area contributed by atoms with Crippen molar-refractivity contribution in [2.24, 2.45) is 5.92 Å². The lowest BCUT2D eigenvalue weighted by atomic mass is 9.98. The van der Waals surface area contributed by atoms with Crippen LogP contribution in [0.2, 0.25) is 0 Å². The number of aromatic nitrogens is 3. The molecule has 0 aliphatic carbocycles. The minimum Gasteiger partial charge on any atom is -0.319 e. The number of nitrogens with one attached hydrogen (secondary N) is 1. The van der Waals surface area contributed by atoms with Gasteiger partial charge in [0.05, 0.1) is 0 Å². The Balaban J connectivity index is 2.05. The average Bonchev–Trinajstić information content (AvgIpc) is 2.51. The van der Waals surface area contributed by atoms with E-state index in [-0.39, 0.29) is 0 Å². The van der Waals surface area contributed by atoms with Crippen LogP contribution in [0.4, 0.5) is 0 Å². The molecular formula is C8H14N4. The molecule has 0 saturated heterocycles. The summed E-state index contributed by atoms with van der Waals surface area (Å²) in [6.07, 6.45) is 3.94. The Hall–Kier alpha value is -0.900. The first-order valence-corrected chi connectivity index (χ1v) is 4.41. The monoisotopic (exact) mass is 166 g/mol. The predicted octanol–water partition coefficient (Wildman–Crippen LogP) is 0.0599. The van der Waals surface area contributed by atoms with Crippen LogP contribution in [0.5, 0.6) is 0 Å². The van der Waals surface area contributed by atoms with Crippen molar-refractivity contribution >= 4 is 0 Å². The zero-order valence-electron chi connectivity index (χ0n) is 7.32. The maximum Gasteiger partial charge on any atom is 0.138 e. The van der Waals surface area contributed by atoms with Crippen LogP contribution in [-0.4, -0.2) is 28.4 Å².